The maximum atomic E-state index is 13.0. The van der Waals surface area contributed by atoms with E-state index in [2.05, 4.69) is 20.7 Å². The van der Waals surface area contributed by atoms with Crippen molar-refractivity contribution in [2.75, 3.05) is 6.54 Å². The molecule has 94 valence electrons. The predicted octanol–water partition coefficient (Wildman–Crippen LogP) is 2.83. The molecule has 0 spiro atoms. The molecule has 3 nitrogen and oxygen atoms in total. The van der Waals surface area contributed by atoms with Gasteiger partial charge in [0, 0.05) is 6.54 Å². The number of benzene rings is 1. The molecule has 0 saturated heterocycles. The number of rotatable bonds is 5. The van der Waals surface area contributed by atoms with Crippen LogP contribution in [-0.2, 0) is 10.0 Å². The van der Waals surface area contributed by atoms with Gasteiger partial charge in [-0.3, -0.25) is 0 Å². The first-order valence-corrected chi connectivity index (χ1v) is 7.31. The van der Waals surface area contributed by atoms with Gasteiger partial charge in [0.1, 0.15) is 5.82 Å². The second kappa shape index (κ2) is 6.28. The summed E-state index contributed by atoms with van der Waals surface area (Å²) in [6.07, 6.45) is 4.34. The summed E-state index contributed by atoms with van der Waals surface area (Å²) in [7, 11) is -3.56. The Balaban J connectivity index is 2.79. The van der Waals surface area contributed by atoms with Gasteiger partial charge in [-0.15, -0.1) is 0 Å². The minimum atomic E-state index is -3.56. The molecule has 1 N–H and O–H groups in total. The van der Waals surface area contributed by atoms with E-state index in [-0.39, 0.29) is 9.37 Å². The third-order valence-corrected chi connectivity index (χ3v) is 4.11. The Morgan fingerprint density at radius 3 is 2.76 bits per heavy atom. The molecule has 1 aromatic carbocycles. The lowest BCUT2D eigenvalue weighted by Crippen LogP contribution is -2.24. The van der Waals surface area contributed by atoms with E-state index in [0.717, 1.165) is 6.07 Å². The van der Waals surface area contributed by atoms with Gasteiger partial charge in [0.25, 0.3) is 0 Å². The van der Waals surface area contributed by atoms with E-state index < -0.39 is 15.8 Å². The van der Waals surface area contributed by atoms with Gasteiger partial charge < -0.3 is 0 Å². The smallest absolute Gasteiger partial charge is 0.211 e. The van der Waals surface area contributed by atoms with E-state index in [9.17, 15) is 12.8 Å². The molecule has 0 saturated carbocycles. The van der Waals surface area contributed by atoms with Crippen LogP contribution in [-0.4, -0.2) is 15.0 Å². The number of halogens is 2. The van der Waals surface area contributed by atoms with E-state index >= 15 is 0 Å². The fraction of sp³-hybridized carbons (Fsp3) is 0.273. The van der Waals surface area contributed by atoms with Gasteiger partial charge in [-0.25, -0.2) is 17.5 Å². The molecule has 0 unspecified atom stereocenters. The van der Waals surface area contributed by atoms with Crippen molar-refractivity contribution in [2.45, 2.75) is 18.2 Å². The van der Waals surface area contributed by atoms with Gasteiger partial charge in [-0.05, 0) is 47.5 Å². The second-order valence-electron chi connectivity index (χ2n) is 3.33. The molecule has 0 radical (unpaired) electrons. The molecule has 1 aromatic rings. The SMILES string of the molecule is CC=CCCNS(=O)(=O)c1ccc(F)c(Br)c1. The Hall–Kier alpha value is -0.720. The number of sulfonamides is 1. The molecule has 17 heavy (non-hydrogen) atoms. The molecule has 0 aliphatic heterocycles. The number of hydrogen-bond donors (Lipinski definition) is 1. The van der Waals surface area contributed by atoms with E-state index in [4.69, 9.17) is 0 Å². The minimum absolute atomic E-state index is 0.0475. The van der Waals surface area contributed by atoms with Crippen LogP contribution in [0.2, 0.25) is 0 Å². The summed E-state index contributed by atoms with van der Waals surface area (Å²) in [4.78, 5) is 0.0475. The lowest BCUT2D eigenvalue weighted by atomic mass is 10.3. The highest BCUT2D eigenvalue weighted by Crippen LogP contribution is 2.19. The standard InChI is InChI=1S/C11H13BrFNO2S/c1-2-3-4-7-14-17(15,16)9-5-6-11(13)10(12)8-9/h2-3,5-6,8,14H,4,7H2,1H3. The molecular weight excluding hydrogens is 309 g/mol. The van der Waals surface area contributed by atoms with Crippen molar-refractivity contribution in [3.63, 3.8) is 0 Å². The summed E-state index contributed by atoms with van der Waals surface area (Å²) in [5.74, 6) is -0.488. The summed E-state index contributed by atoms with van der Waals surface area (Å²) >= 11 is 2.95. The fourth-order valence-corrected chi connectivity index (χ4v) is 2.77. The van der Waals surface area contributed by atoms with Crippen molar-refractivity contribution < 1.29 is 12.8 Å². The summed E-state index contributed by atoms with van der Waals surface area (Å²) < 4.78 is 39.1. The zero-order valence-corrected chi connectivity index (χ0v) is 11.7. The average molecular weight is 322 g/mol. The molecule has 1 rings (SSSR count). The van der Waals surface area contributed by atoms with E-state index in [0.29, 0.717) is 13.0 Å². The molecule has 0 aromatic heterocycles. The van der Waals surface area contributed by atoms with Crippen LogP contribution in [0.15, 0.2) is 39.7 Å². The molecule has 6 heteroatoms. The zero-order chi connectivity index (χ0) is 12.9. The highest BCUT2D eigenvalue weighted by atomic mass is 79.9. The van der Waals surface area contributed by atoms with Crippen molar-refractivity contribution >= 4 is 26.0 Å². The minimum Gasteiger partial charge on any atom is -0.211 e. The van der Waals surface area contributed by atoms with Crippen LogP contribution in [0.5, 0.6) is 0 Å². The highest BCUT2D eigenvalue weighted by molar-refractivity contribution is 9.10. The quantitative estimate of drug-likeness (QED) is 0.669. The van der Waals surface area contributed by atoms with Crippen LogP contribution >= 0.6 is 15.9 Å². The molecule has 0 atom stereocenters. The molecule has 0 amide bonds. The van der Waals surface area contributed by atoms with Gasteiger partial charge in [0.05, 0.1) is 9.37 Å². The van der Waals surface area contributed by atoms with Crippen LogP contribution in [0.1, 0.15) is 13.3 Å². The maximum Gasteiger partial charge on any atom is 0.240 e. The van der Waals surface area contributed by atoms with Crippen LogP contribution < -0.4 is 4.72 Å². The van der Waals surface area contributed by atoms with E-state index in [1.54, 1.807) is 0 Å². The Morgan fingerprint density at radius 1 is 1.47 bits per heavy atom. The van der Waals surface area contributed by atoms with Crippen molar-refractivity contribution in [1.29, 1.82) is 0 Å². The number of allylic oxidation sites excluding steroid dienone is 1. The monoisotopic (exact) mass is 321 g/mol. The lowest BCUT2D eigenvalue weighted by molar-refractivity contribution is 0.580. The van der Waals surface area contributed by atoms with Crippen molar-refractivity contribution in [1.82, 2.24) is 4.72 Å². The largest absolute Gasteiger partial charge is 0.240 e. The van der Waals surface area contributed by atoms with Crippen molar-refractivity contribution in [3.8, 4) is 0 Å². The Labute approximate surface area is 109 Å². The first-order valence-electron chi connectivity index (χ1n) is 5.03. The molecule has 0 aliphatic carbocycles. The fourth-order valence-electron chi connectivity index (χ4n) is 1.17. The average Bonchev–Trinajstić information content (AvgIpc) is 2.28. The summed E-state index contributed by atoms with van der Waals surface area (Å²) in [6, 6.07) is 3.59. The summed E-state index contributed by atoms with van der Waals surface area (Å²) in [5.41, 5.74) is 0. The first kappa shape index (κ1) is 14.3. The zero-order valence-electron chi connectivity index (χ0n) is 9.28. The normalized spacial score (nSPS) is 12.2. The van der Waals surface area contributed by atoms with E-state index in [1.807, 2.05) is 19.1 Å². The van der Waals surface area contributed by atoms with E-state index in [1.165, 1.54) is 12.1 Å². The first-order chi connectivity index (χ1) is 7.97. The maximum absolute atomic E-state index is 13.0. The van der Waals surface area contributed by atoms with Crippen molar-refractivity contribution in [3.05, 3.63) is 40.6 Å². The number of hydrogen-bond acceptors (Lipinski definition) is 2. The third kappa shape index (κ3) is 4.22. The van der Waals surface area contributed by atoms with Crippen LogP contribution in [0.3, 0.4) is 0 Å². The molecule has 0 fully saturated rings. The van der Waals surface area contributed by atoms with Gasteiger partial charge in [-0.1, -0.05) is 12.2 Å². The van der Waals surface area contributed by atoms with Crippen molar-refractivity contribution in [2.24, 2.45) is 0 Å². The third-order valence-electron chi connectivity index (χ3n) is 2.04. The summed E-state index contributed by atoms with van der Waals surface area (Å²) in [5, 5.41) is 0. The van der Waals surface area contributed by atoms with Gasteiger partial charge >= 0.3 is 0 Å². The molecular formula is C11H13BrFNO2S. The van der Waals surface area contributed by atoms with Gasteiger partial charge in [0.15, 0.2) is 0 Å². The van der Waals surface area contributed by atoms with Crippen LogP contribution in [0, 0.1) is 5.82 Å². The Morgan fingerprint density at radius 2 is 2.18 bits per heavy atom. The Bertz CT molecular complexity index is 514. The summed E-state index contributed by atoms with van der Waals surface area (Å²) in [6.45, 7) is 2.19. The molecule has 0 aliphatic rings. The topological polar surface area (TPSA) is 46.2 Å². The molecule has 0 heterocycles. The molecule has 0 bridgehead atoms. The van der Waals surface area contributed by atoms with Crippen LogP contribution in [0.25, 0.3) is 0 Å². The van der Waals surface area contributed by atoms with Crippen LogP contribution in [0.4, 0.5) is 4.39 Å². The second-order valence-corrected chi connectivity index (χ2v) is 5.95. The Kier molecular flexibility index (Phi) is 5.30. The van der Waals surface area contributed by atoms with Gasteiger partial charge in [-0.2, -0.15) is 0 Å². The lowest BCUT2D eigenvalue weighted by Gasteiger charge is -2.06. The predicted molar refractivity (Wildman–Crippen MR) is 68.7 cm³/mol. The number of nitrogens with one attached hydrogen (secondary N) is 1. The van der Waals surface area contributed by atoms with Gasteiger partial charge in [0.2, 0.25) is 10.0 Å². The highest BCUT2D eigenvalue weighted by Gasteiger charge is 2.14.